The molecule has 2 aromatic rings. The van der Waals surface area contributed by atoms with Crippen LogP contribution in [0.15, 0.2) is 23.1 Å². The van der Waals surface area contributed by atoms with Crippen LogP contribution in [-0.2, 0) is 22.7 Å². The molecule has 3 rings (SSSR count). The van der Waals surface area contributed by atoms with E-state index in [1.807, 2.05) is 19.9 Å². The molecule has 9 heteroatoms. The van der Waals surface area contributed by atoms with Gasteiger partial charge in [-0.3, -0.25) is 18.8 Å². The van der Waals surface area contributed by atoms with Crippen molar-refractivity contribution in [3.8, 4) is 0 Å². The third-order valence-corrected chi connectivity index (χ3v) is 5.78. The Bertz CT molecular complexity index is 995. The highest BCUT2D eigenvalue weighted by Gasteiger charge is 2.43. The molecule has 2 amide bonds. The fourth-order valence-electron chi connectivity index (χ4n) is 4.00. The Labute approximate surface area is 176 Å². The number of hydrogen-bond donors (Lipinski definition) is 1. The Morgan fingerprint density at radius 1 is 1.27 bits per heavy atom. The highest BCUT2D eigenvalue weighted by Crippen LogP contribution is 2.30. The van der Waals surface area contributed by atoms with Crippen molar-refractivity contribution in [3.05, 3.63) is 40.2 Å². The Kier molecular flexibility index (Phi) is 6.38. The number of amides is 2. The summed E-state index contributed by atoms with van der Waals surface area (Å²) in [6, 6.07) is 3.57. The fraction of sp³-hybridized carbons (Fsp3) is 0.571. The van der Waals surface area contributed by atoms with E-state index in [1.54, 1.807) is 35.7 Å². The molecule has 1 N–H and O–H groups in total. The van der Waals surface area contributed by atoms with Crippen LogP contribution in [0.3, 0.4) is 0 Å². The number of carbonyl (C=O) groups is 2. The third-order valence-electron chi connectivity index (χ3n) is 5.78. The largest absolute Gasteiger partial charge is 0.347 e. The van der Waals surface area contributed by atoms with E-state index in [0.29, 0.717) is 31.0 Å². The number of anilines is 1. The van der Waals surface area contributed by atoms with Crippen LogP contribution < -0.4 is 11.0 Å². The zero-order chi connectivity index (χ0) is 21.9. The number of rotatable bonds is 6. The molecule has 0 bridgehead atoms. The first-order valence-electron chi connectivity index (χ1n) is 10.4. The van der Waals surface area contributed by atoms with E-state index in [9.17, 15) is 14.4 Å². The second-order valence-electron chi connectivity index (χ2n) is 8.01. The van der Waals surface area contributed by atoms with Crippen molar-refractivity contribution in [1.82, 2.24) is 24.2 Å². The summed E-state index contributed by atoms with van der Waals surface area (Å²) in [5, 5.41) is 7.16. The Hall–Kier alpha value is -2.97. The molecule has 0 spiro atoms. The molecule has 1 aliphatic heterocycles. The lowest BCUT2D eigenvalue weighted by Crippen LogP contribution is -2.59. The van der Waals surface area contributed by atoms with Crippen LogP contribution in [0.4, 0.5) is 5.82 Å². The predicted molar refractivity (Wildman–Crippen MR) is 113 cm³/mol. The van der Waals surface area contributed by atoms with Crippen molar-refractivity contribution in [2.75, 3.05) is 11.9 Å². The predicted octanol–water partition coefficient (Wildman–Crippen LogP) is 1.88. The van der Waals surface area contributed by atoms with Crippen LogP contribution in [0.5, 0.6) is 0 Å². The van der Waals surface area contributed by atoms with Gasteiger partial charge >= 0.3 is 5.69 Å². The van der Waals surface area contributed by atoms with Crippen LogP contribution in [0.25, 0.3) is 0 Å². The zero-order valence-electron chi connectivity index (χ0n) is 18.1. The lowest BCUT2D eigenvalue weighted by Gasteiger charge is -2.43. The number of aromatic nitrogens is 4. The molecule has 162 valence electrons. The van der Waals surface area contributed by atoms with Gasteiger partial charge in [0.05, 0.1) is 0 Å². The monoisotopic (exact) mass is 414 g/mol. The highest BCUT2D eigenvalue weighted by molar-refractivity contribution is 5.99. The van der Waals surface area contributed by atoms with Gasteiger partial charge in [-0.1, -0.05) is 0 Å². The second kappa shape index (κ2) is 8.81. The normalized spacial score (nSPS) is 19.0. The molecule has 0 aromatic carbocycles. The molecule has 1 fully saturated rings. The van der Waals surface area contributed by atoms with E-state index in [1.165, 1.54) is 4.57 Å². The van der Waals surface area contributed by atoms with Gasteiger partial charge in [0.15, 0.2) is 5.82 Å². The van der Waals surface area contributed by atoms with Gasteiger partial charge in [-0.05, 0) is 53.0 Å². The van der Waals surface area contributed by atoms with Crippen LogP contribution in [0.2, 0.25) is 0 Å². The standard InChI is InChI=1S/C21H30N6O3/c1-5-25-12-8-17(24-25)23-19(29)21(4)10-6-7-11-27(21)18(28)9-13-26-16(3)14-15(2)22-20(26)30/h8,12,14H,5-7,9-11,13H2,1-4H3,(H,23,24,29). The van der Waals surface area contributed by atoms with E-state index in [-0.39, 0.29) is 30.5 Å². The third kappa shape index (κ3) is 4.44. The van der Waals surface area contributed by atoms with E-state index < -0.39 is 5.54 Å². The van der Waals surface area contributed by atoms with Crippen LogP contribution in [-0.4, -0.2) is 48.1 Å². The van der Waals surface area contributed by atoms with Gasteiger partial charge in [0, 0.05) is 49.7 Å². The number of carbonyl (C=O) groups excluding carboxylic acids is 2. The van der Waals surface area contributed by atoms with Crippen molar-refractivity contribution in [1.29, 1.82) is 0 Å². The molecular formula is C21H30N6O3. The second-order valence-corrected chi connectivity index (χ2v) is 8.01. The van der Waals surface area contributed by atoms with Gasteiger partial charge in [0.1, 0.15) is 5.54 Å². The van der Waals surface area contributed by atoms with E-state index in [0.717, 1.165) is 18.5 Å². The van der Waals surface area contributed by atoms with E-state index in [2.05, 4.69) is 15.4 Å². The summed E-state index contributed by atoms with van der Waals surface area (Å²) in [5.74, 6) is 0.106. The van der Waals surface area contributed by atoms with Gasteiger partial charge in [0.2, 0.25) is 5.91 Å². The number of nitrogens with zero attached hydrogens (tertiary/aromatic N) is 5. The molecule has 30 heavy (non-hydrogen) atoms. The van der Waals surface area contributed by atoms with Crippen LogP contribution >= 0.6 is 0 Å². The van der Waals surface area contributed by atoms with Gasteiger partial charge in [-0.15, -0.1) is 0 Å². The maximum atomic E-state index is 13.1. The lowest BCUT2D eigenvalue weighted by atomic mass is 9.87. The molecule has 0 aliphatic carbocycles. The molecule has 1 aliphatic rings. The van der Waals surface area contributed by atoms with Crippen molar-refractivity contribution >= 4 is 17.6 Å². The minimum Gasteiger partial charge on any atom is -0.328 e. The summed E-state index contributed by atoms with van der Waals surface area (Å²) < 4.78 is 3.24. The molecule has 2 aromatic heterocycles. The first kappa shape index (κ1) is 21.7. The SMILES string of the molecule is CCn1ccc(NC(=O)C2(C)CCCCN2C(=O)CCn2c(C)cc(C)nc2=O)n1. The Morgan fingerprint density at radius 3 is 2.70 bits per heavy atom. The quantitative estimate of drug-likeness (QED) is 0.778. The highest BCUT2D eigenvalue weighted by atomic mass is 16.2. The molecule has 9 nitrogen and oxygen atoms in total. The topological polar surface area (TPSA) is 102 Å². The first-order valence-corrected chi connectivity index (χ1v) is 10.4. The minimum atomic E-state index is -0.948. The number of hydrogen-bond acceptors (Lipinski definition) is 5. The molecule has 1 atom stereocenters. The van der Waals surface area contributed by atoms with Gasteiger partial charge in [-0.2, -0.15) is 10.1 Å². The Balaban J connectivity index is 1.73. The summed E-state index contributed by atoms with van der Waals surface area (Å²) in [6.45, 7) is 8.85. The summed E-state index contributed by atoms with van der Waals surface area (Å²) in [7, 11) is 0. The summed E-state index contributed by atoms with van der Waals surface area (Å²) in [4.78, 5) is 43.9. The lowest BCUT2D eigenvalue weighted by molar-refractivity contribution is -0.147. The van der Waals surface area contributed by atoms with Crippen LogP contribution in [0, 0.1) is 13.8 Å². The van der Waals surface area contributed by atoms with Gasteiger partial charge < -0.3 is 10.2 Å². The van der Waals surface area contributed by atoms with Crippen molar-refractivity contribution < 1.29 is 9.59 Å². The molecule has 0 radical (unpaired) electrons. The van der Waals surface area contributed by atoms with Crippen molar-refractivity contribution in [3.63, 3.8) is 0 Å². The molecular weight excluding hydrogens is 384 g/mol. The molecule has 1 unspecified atom stereocenters. The minimum absolute atomic E-state index is 0.138. The maximum absolute atomic E-state index is 13.1. The van der Waals surface area contributed by atoms with Crippen LogP contribution in [0.1, 0.15) is 50.9 Å². The number of nitrogens with one attached hydrogen (secondary N) is 1. The van der Waals surface area contributed by atoms with E-state index in [4.69, 9.17) is 0 Å². The Morgan fingerprint density at radius 2 is 2.03 bits per heavy atom. The molecule has 3 heterocycles. The molecule has 1 saturated heterocycles. The number of aryl methyl sites for hydroxylation is 3. The zero-order valence-corrected chi connectivity index (χ0v) is 18.1. The number of piperidine rings is 1. The summed E-state index contributed by atoms with van der Waals surface area (Å²) in [5.41, 5.74) is 0.124. The fourth-order valence-corrected chi connectivity index (χ4v) is 4.00. The maximum Gasteiger partial charge on any atom is 0.347 e. The van der Waals surface area contributed by atoms with Crippen molar-refractivity contribution in [2.45, 2.75) is 72.0 Å². The average molecular weight is 415 g/mol. The van der Waals surface area contributed by atoms with E-state index >= 15 is 0 Å². The molecule has 0 saturated carbocycles. The average Bonchev–Trinajstić information content (AvgIpc) is 3.15. The van der Waals surface area contributed by atoms with Gasteiger partial charge in [-0.25, -0.2) is 4.79 Å². The smallest absolute Gasteiger partial charge is 0.328 e. The summed E-state index contributed by atoms with van der Waals surface area (Å²) in [6.07, 6.45) is 4.25. The summed E-state index contributed by atoms with van der Waals surface area (Å²) >= 11 is 0. The number of likely N-dealkylation sites (tertiary alicyclic amines) is 1. The van der Waals surface area contributed by atoms with Crippen molar-refractivity contribution in [2.24, 2.45) is 0 Å². The first-order chi connectivity index (χ1) is 14.2. The van der Waals surface area contributed by atoms with Gasteiger partial charge in [0.25, 0.3) is 5.91 Å².